The Morgan fingerprint density at radius 1 is 1.29 bits per heavy atom. The second kappa shape index (κ2) is 3.60. The van der Waals surface area contributed by atoms with Gasteiger partial charge in [-0.1, -0.05) is 12.1 Å². The maximum absolute atomic E-state index is 9.77. The Hall–Kier alpha value is -1.81. The highest BCUT2D eigenvalue weighted by molar-refractivity contribution is 5.66. The van der Waals surface area contributed by atoms with Crippen LogP contribution in [-0.4, -0.2) is 15.1 Å². The molecule has 0 radical (unpaired) electrons. The molecule has 1 aliphatic rings. The van der Waals surface area contributed by atoms with Gasteiger partial charge >= 0.3 is 0 Å². The fourth-order valence-electron chi connectivity index (χ4n) is 2.21. The maximum atomic E-state index is 9.77. The van der Waals surface area contributed by atoms with Crippen LogP contribution in [0.5, 0.6) is 5.75 Å². The summed E-state index contributed by atoms with van der Waals surface area (Å²) in [5, 5.41) is 9.77. The van der Waals surface area contributed by atoms with Gasteiger partial charge in [-0.25, -0.2) is 4.98 Å². The van der Waals surface area contributed by atoms with Crippen molar-refractivity contribution in [3.63, 3.8) is 0 Å². The van der Waals surface area contributed by atoms with E-state index >= 15 is 0 Å². The van der Waals surface area contributed by atoms with Gasteiger partial charge in [0.15, 0.2) is 0 Å². The normalized spacial score (nSPS) is 17.7. The Labute approximate surface area is 99.5 Å². The van der Waals surface area contributed by atoms with E-state index < -0.39 is 0 Å². The molecule has 1 aromatic heterocycles. The average molecular weight is 229 g/mol. The van der Waals surface area contributed by atoms with E-state index in [4.69, 9.17) is 5.73 Å². The van der Waals surface area contributed by atoms with Crippen molar-refractivity contribution in [1.82, 2.24) is 9.97 Å². The fourth-order valence-corrected chi connectivity index (χ4v) is 2.21. The SMILES string of the molecule is NC1(c2ncc(-c3ccccc3O)[nH]2)CCC1. The molecule has 0 aliphatic heterocycles. The number of rotatable bonds is 2. The minimum Gasteiger partial charge on any atom is -0.507 e. The summed E-state index contributed by atoms with van der Waals surface area (Å²) in [6, 6.07) is 7.21. The standard InChI is InChI=1S/C13H15N3O/c14-13(6-3-7-13)12-15-8-10(16-12)9-4-1-2-5-11(9)17/h1-2,4-5,8,17H,3,6-7,14H2,(H,15,16). The van der Waals surface area contributed by atoms with Crippen LogP contribution in [0.15, 0.2) is 30.5 Å². The molecule has 0 unspecified atom stereocenters. The Morgan fingerprint density at radius 2 is 2.06 bits per heavy atom. The van der Waals surface area contributed by atoms with Crippen molar-refractivity contribution in [1.29, 1.82) is 0 Å². The summed E-state index contributed by atoms with van der Waals surface area (Å²) < 4.78 is 0. The molecule has 1 fully saturated rings. The van der Waals surface area contributed by atoms with Gasteiger partial charge in [0.05, 0.1) is 17.4 Å². The topological polar surface area (TPSA) is 74.9 Å². The van der Waals surface area contributed by atoms with Crippen LogP contribution in [0.1, 0.15) is 25.1 Å². The molecule has 0 saturated heterocycles. The number of phenols is 1. The zero-order valence-electron chi connectivity index (χ0n) is 9.48. The molecule has 4 heteroatoms. The number of para-hydroxylation sites is 1. The first-order chi connectivity index (χ1) is 8.19. The number of benzene rings is 1. The molecule has 1 aliphatic carbocycles. The first-order valence-corrected chi connectivity index (χ1v) is 5.82. The number of hydrogen-bond acceptors (Lipinski definition) is 3. The number of aromatic nitrogens is 2. The van der Waals surface area contributed by atoms with Gasteiger partial charge in [0.1, 0.15) is 11.6 Å². The molecule has 88 valence electrons. The van der Waals surface area contributed by atoms with E-state index in [0.29, 0.717) is 0 Å². The van der Waals surface area contributed by atoms with E-state index in [1.165, 1.54) is 0 Å². The summed E-state index contributed by atoms with van der Waals surface area (Å²) in [6.45, 7) is 0. The van der Waals surface area contributed by atoms with Crippen LogP contribution in [0.2, 0.25) is 0 Å². The van der Waals surface area contributed by atoms with Gasteiger partial charge in [-0.2, -0.15) is 0 Å². The number of H-pyrrole nitrogens is 1. The molecule has 1 saturated carbocycles. The molecule has 1 heterocycles. The fraction of sp³-hybridized carbons (Fsp3) is 0.308. The minimum absolute atomic E-state index is 0.252. The lowest BCUT2D eigenvalue weighted by Gasteiger charge is -2.35. The lowest BCUT2D eigenvalue weighted by atomic mass is 9.77. The predicted molar refractivity (Wildman–Crippen MR) is 65.4 cm³/mol. The summed E-state index contributed by atoms with van der Waals surface area (Å²) >= 11 is 0. The van der Waals surface area contributed by atoms with Crippen molar-refractivity contribution in [2.24, 2.45) is 5.73 Å². The maximum Gasteiger partial charge on any atom is 0.126 e. The first-order valence-electron chi connectivity index (χ1n) is 5.82. The van der Waals surface area contributed by atoms with E-state index in [-0.39, 0.29) is 11.3 Å². The lowest BCUT2D eigenvalue weighted by molar-refractivity contribution is 0.240. The molecular weight excluding hydrogens is 214 g/mol. The van der Waals surface area contributed by atoms with Gasteiger partial charge in [0.25, 0.3) is 0 Å². The van der Waals surface area contributed by atoms with Gasteiger partial charge in [0.2, 0.25) is 0 Å². The molecular formula is C13H15N3O. The molecule has 4 nitrogen and oxygen atoms in total. The Morgan fingerprint density at radius 3 is 2.71 bits per heavy atom. The number of nitrogens with zero attached hydrogens (tertiary/aromatic N) is 1. The Bertz CT molecular complexity index is 543. The minimum atomic E-state index is -0.289. The van der Waals surface area contributed by atoms with Gasteiger partial charge in [0, 0.05) is 5.56 Å². The van der Waals surface area contributed by atoms with E-state index in [0.717, 1.165) is 36.3 Å². The number of imidazole rings is 1. The van der Waals surface area contributed by atoms with Crippen molar-refractivity contribution in [3.05, 3.63) is 36.3 Å². The summed E-state index contributed by atoms with van der Waals surface area (Å²) in [5.74, 6) is 1.07. The highest BCUT2D eigenvalue weighted by Gasteiger charge is 2.37. The number of hydrogen-bond donors (Lipinski definition) is 3. The molecule has 17 heavy (non-hydrogen) atoms. The summed E-state index contributed by atoms with van der Waals surface area (Å²) in [7, 11) is 0. The molecule has 0 bridgehead atoms. The molecule has 2 aromatic rings. The Balaban J connectivity index is 1.98. The van der Waals surface area contributed by atoms with Crippen LogP contribution in [0.25, 0.3) is 11.3 Å². The summed E-state index contributed by atoms with van der Waals surface area (Å²) in [4.78, 5) is 7.55. The van der Waals surface area contributed by atoms with Crippen LogP contribution in [-0.2, 0) is 5.54 Å². The summed E-state index contributed by atoms with van der Waals surface area (Å²) in [5.41, 5.74) is 7.48. The second-order valence-electron chi connectivity index (χ2n) is 4.67. The van der Waals surface area contributed by atoms with E-state index in [9.17, 15) is 5.11 Å². The number of aromatic hydroxyl groups is 1. The highest BCUT2D eigenvalue weighted by Crippen LogP contribution is 2.38. The van der Waals surface area contributed by atoms with Crippen molar-refractivity contribution in [3.8, 4) is 17.0 Å². The third-order valence-electron chi connectivity index (χ3n) is 3.49. The molecule has 3 rings (SSSR count). The third-order valence-corrected chi connectivity index (χ3v) is 3.49. The number of nitrogens with two attached hydrogens (primary N) is 1. The molecule has 0 amide bonds. The molecule has 1 aromatic carbocycles. The smallest absolute Gasteiger partial charge is 0.126 e. The van der Waals surface area contributed by atoms with Gasteiger partial charge in [-0.3, -0.25) is 0 Å². The van der Waals surface area contributed by atoms with Crippen molar-refractivity contribution >= 4 is 0 Å². The van der Waals surface area contributed by atoms with Crippen LogP contribution < -0.4 is 5.73 Å². The number of phenolic OH excluding ortho intramolecular Hbond substituents is 1. The van der Waals surface area contributed by atoms with E-state index in [2.05, 4.69) is 9.97 Å². The van der Waals surface area contributed by atoms with Crippen molar-refractivity contribution in [2.75, 3.05) is 0 Å². The lowest BCUT2D eigenvalue weighted by Crippen LogP contribution is -2.44. The van der Waals surface area contributed by atoms with Crippen LogP contribution in [0, 0.1) is 0 Å². The zero-order chi connectivity index (χ0) is 11.9. The quantitative estimate of drug-likeness (QED) is 0.738. The molecule has 0 spiro atoms. The monoisotopic (exact) mass is 229 g/mol. The molecule has 0 atom stereocenters. The van der Waals surface area contributed by atoms with Crippen molar-refractivity contribution < 1.29 is 5.11 Å². The first kappa shape index (κ1) is 10.4. The predicted octanol–water partition coefficient (Wildman–Crippen LogP) is 2.12. The van der Waals surface area contributed by atoms with Gasteiger partial charge in [-0.15, -0.1) is 0 Å². The van der Waals surface area contributed by atoms with Crippen LogP contribution >= 0.6 is 0 Å². The van der Waals surface area contributed by atoms with Crippen LogP contribution in [0.3, 0.4) is 0 Å². The molecule has 4 N–H and O–H groups in total. The summed E-state index contributed by atoms with van der Waals surface area (Å²) in [6.07, 6.45) is 4.84. The van der Waals surface area contributed by atoms with E-state index in [1.54, 1.807) is 18.3 Å². The number of nitrogens with one attached hydrogen (secondary N) is 1. The highest BCUT2D eigenvalue weighted by atomic mass is 16.3. The third kappa shape index (κ3) is 1.61. The number of aromatic amines is 1. The second-order valence-corrected chi connectivity index (χ2v) is 4.67. The van der Waals surface area contributed by atoms with E-state index in [1.807, 2.05) is 12.1 Å². The Kier molecular flexibility index (Phi) is 2.19. The van der Waals surface area contributed by atoms with Gasteiger partial charge < -0.3 is 15.8 Å². The largest absolute Gasteiger partial charge is 0.507 e. The zero-order valence-corrected chi connectivity index (χ0v) is 9.48. The average Bonchev–Trinajstić information content (AvgIpc) is 2.76. The van der Waals surface area contributed by atoms with Crippen LogP contribution in [0.4, 0.5) is 0 Å². The van der Waals surface area contributed by atoms with Gasteiger partial charge in [-0.05, 0) is 31.4 Å². The van der Waals surface area contributed by atoms with Crippen molar-refractivity contribution in [2.45, 2.75) is 24.8 Å².